The molecule has 17 heteroatoms. The van der Waals surface area contributed by atoms with Crippen molar-refractivity contribution in [2.45, 2.75) is 102 Å². The Bertz CT molecular complexity index is 2470. The number of carbonyl (C=O) groups is 2. The molecule has 2 amide bonds. The molecule has 16 nitrogen and oxygen atoms in total. The van der Waals surface area contributed by atoms with Crippen molar-refractivity contribution in [3.8, 4) is 33.3 Å². The van der Waals surface area contributed by atoms with Gasteiger partial charge in [-0.25, -0.2) is 4.98 Å². The van der Waals surface area contributed by atoms with Crippen molar-refractivity contribution in [2.75, 3.05) is 63.1 Å². The molecular weight excluding hydrogens is 857 g/mol. The van der Waals surface area contributed by atoms with Gasteiger partial charge in [0.1, 0.15) is 24.3 Å². The number of nitrogens with zero attached hydrogens (tertiary/aromatic N) is 8. The summed E-state index contributed by atoms with van der Waals surface area (Å²) < 4.78 is 11.8. The number of thiazole rings is 1. The average Bonchev–Trinajstić information content (AvgIpc) is 4.08. The molecule has 3 fully saturated rings. The second-order valence-corrected chi connectivity index (χ2v) is 19.6. The van der Waals surface area contributed by atoms with Crippen molar-refractivity contribution in [3.05, 3.63) is 83.2 Å². The fourth-order valence-electron chi connectivity index (χ4n) is 10.4. The molecule has 0 bridgehead atoms. The first-order valence-corrected chi connectivity index (χ1v) is 24.3. The standard InChI is InChI=1S/C49H62N10O6S/c1-29(2)45(49(63)59-27-37(60)23-41(59)48(62)52-30(3)32-10-12-33(13-11-32)46-31(4)51-28-66-46)43-25-44(55-65-43)64-21-20-57-17-14-34(15-18-57)56(5)35-16-19-58-36(22-35)26-50-47-40(58)24-39(53-54-47)38-8-6-7-9-42(38)61/h6-13,24-25,28-30,34-37,41,45,60-61H,14-23,26-27H2,1-5H3,(H,50,54)(H,52,62)/t30-,35?,36?,37+,41-,45+/m0/s1. The maximum Gasteiger partial charge on any atom is 0.254 e. The summed E-state index contributed by atoms with van der Waals surface area (Å²) in [5.41, 5.74) is 7.24. The predicted octanol–water partition coefficient (Wildman–Crippen LogP) is 6.09. The zero-order valence-electron chi connectivity index (χ0n) is 38.5. The van der Waals surface area contributed by atoms with Crippen molar-refractivity contribution < 1.29 is 29.1 Å². The second kappa shape index (κ2) is 19.7. The number of rotatable bonds is 14. The largest absolute Gasteiger partial charge is 0.507 e. The number of aromatic hydroxyl groups is 1. The van der Waals surface area contributed by atoms with E-state index < -0.39 is 18.1 Å². The Kier molecular flexibility index (Phi) is 13.6. The van der Waals surface area contributed by atoms with Gasteiger partial charge in [-0.05, 0) is 100 Å². The molecule has 0 saturated carbocycles. The van der Waals surface area contributed by atoms with E-state index in [1.165, 1.54) is 4.90 Å². The number of para-hydroxylation sites is 1. The fourth-order valence-corrected chi connectivity index (χ4v) is 11.2. The van der Waals surface area contributed by atoms with E-state index in [9.17, 15) is 19.8 Å². The Morgan fingerprint density at radius 1 is 1.02 bits per heavy atom. The summed E-state index contributed by atoms with van der Waals surface area (Å²) in [6, 6.07) is 19.3. The van der Waals surface area contributed by atoms with Gasteiger partial charge < -0.3 is 44.8 Å². The van der Waals surface area contributed by atoms with E-state index in [4.69, 9.17) is 9.26 Å². The first-order valence-electron chi connectivity index (χ1n) is 23.4. The molecule has 5 aromatic rings. The molecule has 4 N–H and O–H groups in total. The number of aromatic nitrogens is 4. The summed E-state index contributed by atoms with van der Waals surface area (Å²) in [5.74, 6) is 0.246. The molecule has 4 aliphatic rings. The Labute approximate surface area is 390 Å². The number of aliphatic hydroxyl groups excluding tert-OH is 1. The number of amides is 2. The van der Waals surface area contributed by atoms with Gasteiger partial charge in [-0.1, -0.05) is 50.2 Å². The summed E-state index contributed by atoms with van der Waals surface area (Å²) >= 11 is 1.59. The van der Waals surface area contributed by atoms with Crippen molar-refractivity contribution >= 4 is 34.7 Å². The highest BCUT2D eigenvalue weighted by molar-refractivity contribution is 7.13. The van der Waals surface area contributed by atoms with Gasteiger partial charge in [0, 0.05) is 62.4 Å². The van der Waals surface area contributed by atoms with Crippen LogP contribution in [0.15, 0.2) is 70.7 Å². The number of likely N-dealkylation sites (tertiary alicyclic amines) is 2. The van der Waals surface area contributed by atoms with Gasteiger partial charge >= 0.3 is 0 Å². The molecule has 6 atom stereocenters. The normalized spacial score (nSPS) is 22.2. The SMILES string of the molecule is Cc1ncsc1-c1ccc([C@H](C)NC(=O)[C@@H]2C[C@@H](O)CN2C(=O)[C@@H](c2cc(OCCN3CCC(N(C)C4CCN5c6cc(-c7ccccc7O)nnc6NCC5C4)CC3)no2)C(C)C)cc1. The number of aryl methyl sites for hydroxylation is 1. The molecule has 4 aliphatic heterocycles. The molecule has 9 rings (SSSR count). The lowest BCUT2D eigenvalue weighted by Gasteiger charge is -2.48. The number of piperidine rings is 2. The van der Waals surface area contributed by atoms with E-state index in [0.717, 1.165) is 91.6 Å². The number of aliphatic hydroxyl groups is 1. The van der Waals surface area contributed by atoms with Gasteiger partial charge in [0.2, 0.25) is 11.8 Å². The minimum atomic E-state index is -0.819. The number of benzene rings is 2. The number of nitrogens with one attached hydrogen (secondary N) is 2. The van der Waals surface area contributed by atoms with Crippen molar-refractivity contribution in [2.24, 2.45) is 5.92 Å². The number of hydrogen-bond donors (Lipinski definition) is 4. The van der Waals surface area contributed by atoms with E-state index in [0.29, 0.717) is 47.6 Å². The van der Waals surface area contributed by atoms with Crippen LogP contribution < -0.4 is 20.3 Å². The third-order valence-corrected chi connectivity index (χ3v) is 15.2. The van der Waals surface area contributed by atoms with Crippen LogP contribution in [0.25, 0.3) is 21.7 Å². The van der Waals surface area contributed by atoms with Gasteiger partial charge in [0.25, 0.3) is 5.88 Å². The molecule has 0 radical (unpaired) electrons. The van der Waals surface area contributed by atoms with Crippen LogP contribution in [0.3, 0.4) is 0 Å². The van der Waals surface area contributed by atoms with Crippen LogP contribution in [0.1, 0.15) is 81.9 Å². The highest BCUT2D eigenvalue weighted by Gasteiger charge is 2.44. The number of ether oxygens (including phenoxy) is 1. The maximum atomic E-state index is 14.2. The summed E-state index contributed by atoms with van der Waals surface area (Å²) in [6.07, 6.45) is 3.64. The fraction of sp³-hybridized carbons (Fsp3) is 0.510. The number of hydrogen-bond acceptors (Lipinski definition) is 15. The smallest absolute Gasteiger partial charge is 0.254 e. The third-order valence-electron chi connectivity index (χ3n) is 14.2. The third kappa shape index (κ3) is 9.62. The molecule has 3 saturated heterocycles. The Balaban J connectivity index is 0.735. The molecule has 0 aliphatic carbocycles. The zero-order chi connectivity index (χ0) is 46.1. The zero-order valence-corrected chi connectivity index (χ0v) is 39.3. The van der Waals surface area contributed by atoms with Gasteiger partial charge in [-0.2, -0.15) is 0 Å². The van der Waals surface area contributed by atoms with E-state index in [1.807, 2.05) is 75.7 Å². The topological polar surface area (TPSA) is 186 Å². The Morgan fingerprint density at radius 3 is 2.53 bits per heavy atom. The van der Waals surface area contributed by atoms with E-state index >= 15 is 0 Å². The minimum Gasteiger partial charge on any atom is -0.507 e. The van der Waals surface area contributed by atoms with Crippen molar-refractivity contribution in [3.63, 3.8) is 0 Å². The molecule has 7 heterocycles. The van der Waals surface area contributed by atoms with Crippen molar-refractivity contribution in [1.29, 1.82) is 0 Å². The van der Waals surface area contributed by atoms with Crippen LogP contribution in [-0.4, -0.2) is 140 Å². The molecule has 2 aromatic carbocycles. The highest BCUT2D eigenvalue weighted by atomic mass is 32.1. The van der Waals surface area contributed by atoms with Crippen LogP contribution in [0.2, 0.25) is 0 Å². The molecule has 350 valence electrons. The quantitative estimate of drug-likeness (QED) is 0.100. The lowest BCUT2D eigenvalue weighted by atomic mass is 9.91. The first-order chi connectivity index (χ1) is 31.9. The number of fused-ring (bicyclic) bond motifs is 3. The number of phenols is 1. The van der Waals surface area contributed by atoms with Gasteiger partial charge in [0.05, 0.1) is 39.6 Å². The lowest BCUT2D eigenvalue weighted by molar-refractivity contribution is -0.141. The van der Waals surface area contributed by atoms with Gasteiger partial charge in [0.15, 0.2) is 11.6 Å². The molecule has 3 aromatic heterocycles. The first kappa shape index (κ1) is 45.5. The van der Waals surface area contributed by atoms with E-state index in [-0.39, 0.29) is 42.5 Å². The minimum absolute atomic E-state index is 0.0628. The molecule has 66 heavy (non-hydrogen) atoms. The summed E-state index contributed by atoms with van der Waals surface area (Å²) in [6.45, 7) is 12.8. The summed E-state index contributed by atoms with van der Waals surface area (Å²) in [4.78, 5) is 42.4. The number of carbonyl (C=O) groups excluding carboxylic acids is 2. The summed E-state index contributed by atoms with van der Waals surface area (Å²) in [7, 11) is 2.29. The average molecular weight is 919 g/mol. The Morgan fingerprint density at radius 2 is 1.79 bits per heavy atom. The molecule has 0 spiro atoms. The van der Waals surface area contributed by atoms with Crippen LogP contribution in [0, 0.1) is 12.8 Å². The van der Waals surface area contributed by atoms with E-state index in [2.05, 4.69) is 58.8 Å². The van der Waals surface area contributed by atoms with Gasteiger partial charge in [-0.15, -0.1) is 21.5 Å². The predicted molar refractivity (Wildman–Crippen MR) is 254 cm³/mol. The Hall–Kier alpha value is -5.62. The number of phenolic OH excluding ortho intramolecular Hbond substituents is 1. The van der Waals surface area contributed by atoms with Crippen molar-refractivity contribution in [1.82, 2.24) is 40.4 Å². The van der Waals surface area contributed by atoms with Crippen LogP contribution in [0.5, 0.6) is 11.6 Å². The van der Waals surface area contributed by atoms with E-state index in [1.54, 1.807) is 23.5 Å². The maximum absolute atomic E-state index is 14.2. The number of anilines is 2. The number of β-amino-alcohol motifs (C(OH)–C–C–N with tert-alkyl or cyclic N) is 1. The summed E-state index contributed by atoms with van der Waals surface area (Å²) in [5, 5.41) is 40.8. The van der Waals surface area contributed by atoms with Crippen LogP contribution >= 0.6 is 11.3 Å². The van der Waals surface area contributed by atoms with Gasteiger partial charge in [-0.3, -0.25) is 14.5 Å². The second-order valence-electron chi connectivity index (χ2n) is 18.8. The molecular formula is C49H62N10O6S. The monoisotopic (exact) mass is 918 g/mol. The highest BCUT2D eigenvalue weighted by Crippen LogP contribution is 2.39. The molecule has 2 unspecified atom stereocenters. The van der Waals surface area contributed by atoms with Crippen LogP contribution in [-0.2, 0) is 9.59 Å². The van der Waals surface area contributed by atoms with Crippen LogP contribution in [0.4, 0.5) is 11.5 Å². The lowest BCUT2D eigenvalue weighted by Crippen LogP contribution is -2.56.